The van der Waals surface area contributed by atoms with E-state index in [1.807, 2.05) is 12.3 Å². The molecular weight excluding hydrogens is 222 g/mol. The smallest absolute Gasteiger partial charge is 0.0564 e. The number of hydrogen-bond donors (Lipinski definition) is 1. The summed E-state index contributed by atoms with van der Waals surface area (Å²) in [5, 5.41) is 3.40. The molecule has 0 saturated carbocycles. The molecule has 1 unspecified atom stereocenters. The van der Waals surface area contributed by atoms with Gasteiger partial charge in [0.2, 0.25) is 0 Å². The highest BCUT2D eigenvalue weighted by molar-refractivity contribution is 5.43. The second-order valence-corrected chi connectivity index (χ2v) is 5.36. The lowest BCUT2D eigenvalue weighted by Gasteiger charge is -2.27. The summed E-state index contributed by atoms with van der Waals surface area (Å²) in [5.41, 5.74) is 2.30. The molecule has 0 bridgehead atoms. The van der Waals surface area contributed by atoms with Gasteiger partial charge in [-0.25, -0.2) is 0 Å². The lowest BCUT2D eigenvalue weighted by atomic mass is 10.1. The number of rotatable bonds is 7. The van der Waals surface area contributed by atoms with Crippen molar-refractivity contribution in [1.82, 2.24) is 9.88 Å². The Morgan fingerprint density at radius 3 is 2.67 bits per heavy atom. The van der Waals surface area contributed by atoms with Crippen molar-refractivity contribution in [3.63, 3.8) is 0 Å². The molecule has 3 nitrogen and oxygen atoms in total. The minimum absolute atomic E-state index is 0.569. The zero-order valence-electron chi connectivity index (χ0n) is 12.4. The fourth-order valence-corrected chi connectivity index (χ4v) is 1.85. The lowest BCUT2D eigenvalue weighted by Crippen LogP contribution is -2.32. The van der Waals surface area contributed by atoms with Gasteiger partial charge in [-0.15, -0.1) is 0 Å². The standard InChI is InChI=1S/C15H27N3/c1-6-8-16-14-7-9-17-15(10-14)11-18(5)13(4)12(2)3/h7,9-10,12-13H,6,8,11H2,1-5H3,(H,16,17). The first kappa shape index (κ1) is 15.0. The van der Waals surface area contributed by atoms with Crippen LogP contribution in [-0.4, -0.2) is 29.5 Å². The first-order chi connectivity index (χ1) is 8.54. The van der Waals surface area contributed by atoms with E-state index >= 15 is 0 Å². The first-order valence-electron chi connectivity index (χ1n) is 6.93. The Kier molecular flexibility index (Phi) is 6.13. The van der Waals surface area contributed by atoms with Crippen LogP contribution in [0, 0.1) is 5.92 Å². The van der Waals surface area contributed by atoms with Crippen LogP contribution in [0.1, 0.15) is 39.8 Å². The summed E-state index contributed by atoms with van der Waals surface area (Å²) >= 11 is 0. The molecule has 0 aliphatic carbocycles. The van der Waals surface area contributed by atoms with E-state index < -0.39 is 0 Å². The highest BCUT2D eigenvalue weighted by atomic mass is 15.1. The zero-order valence-corrected chi connectivity index (χ0v) is 12.4. The van der Waals surface area contributed by atoms with Gasteiger partial charge < -0.3 is 5.32 Å². The van der Waals surface area contributed by atoms with Gasteiger partial charge in [-0.1, -0.05) is 20.8 Å². The summed E-state index contributed by atoms with van der Waals surface area (Å²) in [6, 6.07) is 4.75. The quantitative estimate of drug-likeness (QED) is 0.803. The number of hydrogen-bond acceptors (Lipinski definition) is 3. The Balaban J connectivity index is 2.61. The minimum Gasteiger partial charge on any atom is -0.385 e. The molecule has 18 heavy (non-hydrogen) atoms. The minimum atomic E-state index is 0.569. The van der Waals surface area contributed by atoms with E-state index in [-0.39, 0.29) is 0 Å². The molecule has 0 aromatic carbocycles. The fourth-order valence-electron chi connectivity index (χ4n) is 1.85. The van der Waals surface area contributed by atoms with E-state index in [0.29, 0.717) is 12.0 Å². The third kappa shape index (κ3) is 4.65. The second-order valence-electron chi connectivity index (χ2n) is 5.36. The van der Waals surface area contributed by atoms with Crippen molar-refractivity contribution in [1.29, 1.82) is 0 Å². The predicted molar refractivity (Wildman–Crippen MR) is 78.8 cm³/mol. The van der Waals surface area contributed by atoms with Crippen LogP contribution < -0.4 is 5.32 Å². The molecule has 1 atom stereocenters. The summed E-state index contributed by atoms with van der Waals surface area (Å²) in [5.74, 6) is 0.663. The number of nitrogens with one attached hydrogen (secondary N) is 1. The van der Waals surface area contributed by atoms with Crippen molar-refractivity contribution < 1.29 is 0 Å². The van der Waals surface area contributed by atoms with Gasteiger partial charge in [0.15, 0.2) is 0 Å². The van der Waals surface area contributed by atoms with Gasteiger partial charge in [-0.2, -0.15) is 0 Å². The van der Waals surface area contributed by atoms with Crippen LogP contribution in [0.5, 0.6) is 0 Å². The Morgan fingerprint density at radius 2 is 2.06 bits per heavy atom. The van der Waals surface area contributed by atoms with E-state index in [1.54, 1.807) is 0 Å². The molecule has 0 fully saturated rings. The van der Waals surface area contributed by atoms with Crippen LogP contribution in [0.3, 0.4) is 0 Å². The van der Waals surface area contributed by atoms with Gasteiger partial charge in [0.1, 0.15) is 0 Å². The van der Waals surface area contributed by atoms with Crippen LogP contribution in [0.25, 0.3) is 0 Å². The Labute approximate surface area is 112 Å². The highest BCUT2D eigenvalue weighted by Gasteiger charge is 2.13. The molecule has 1 rings (SSSR count). The first-order valence-corrected chi connectivity index (χ1v) is 6.93. The molecule has 3 heteroatoms. The molecule has 1 aromatic heterocycles. The fraction of sp³-hybridized carbons (Fsp3) is 0.667. The molecule has 0 saturated heterocycles. The number of aromatic nitrogens is 1. The Hall–Kier alpha value is -1.09. The number of nitrogens with zero attached hydrogens (tertiary/aromatic N) is 2. The van der Waals surface area contributed by atoms with Crippen LogP contribution in [0.15, 0.2) is 18.3 Å². The second kappa shape index (κ2) is 7.37. The average Bonchev–Trinajstić information content (AvgIpc) is 2.35. The molecule has 102 valence electrons. The van der Waals surface area contributed by atoms with E-state index in [2.05, 4.69) is 56.0 Å². The molecule has 1 aromatic rings. The van der Waals surface area contributed by atoms with Gasteiger partial charge in [-0.3, -0.25) is 9.88 Å². The molecule has 1 N–H and O–H groups in total. The number of anilines is 1. The largest absolute Gasteiger partial charge is 0.385 e. The third-order valence-electron chi connectivity index (χ3n) is 3.47. The maximum atomic E-state index is 4.45. The monoisotopic (exact) mass is 249 g/mol. The molecule has 0 spiro atoms. The molecule has 0 radical (unpaired) electrons. The van der Waals surface area contributed by atoms with Gasteiger partial charge >= 0.3 is 0 Å². The predicted octanol–water partition coefficient (Wildman–Crippen LogP) is 3.38. The SMILES string of the molecule is CCCNc1ccnc(CN(C)C(C)C(C)C)c1. The van der Waals surface area contributed by atoms with Crippen molar-refractivity contribution in [2.75, 3.05) is 18.9 Å². The molecule has 1 heterocycles. The van der Waals surface area contributed by atoms with Crippen LogP contribution >= 0.6 is 0 Å². The van der Waals surface area contributed by atoms with Crippen molar-refractivity contribution in [3.8, 4) is 0 Å². The summed E-state index contributed by atoms with van der Waals surface area (Å²) in [6.07, 6.45) is 3.03. The maximum Gasteiger partial charge on any atom is 0.0564 e. The van der Waals surface area contributed by atoms with Crippen LogP contribution in [-0.2, 0) is 6.54 Å². The third-order valence-corrected chi connectivity index (χ3v) is 3.47. The van der Waals surface area contributed by atoms with Crippen LogP contribution in [0.2, 0.25) is 0 Å². The molecule has 0 aliphatic heterocycles. The van der Waals surface area contributed by atoms with Gasteiger partial charge in [-0.05, 0) is 38.4 Å². The number of pyridine rings is 1. The summed E-state index contributed by atoms with van der Waals surface area (Å²) < 4.78 is 0. The van der Waals surface area contributed by atoms with Crippen molar-refractivity contribution >= 4 is 5.69 Å². The average molecular weight is 249 g/mol. The highest BCUT2D eigenvalue weighted by Crippen LogP contribution is 2.13. The van der Waals surface area contributed by atoms with Gasteiger partial charge in [0.05, 0.1) is 5.69 Å². The van der Waals surface area contributed by atoms with Crippen molar-refractivity contribution in [3.05, 3.63) is 24.0 Å². The topological polar surface area (TPSA) is 28.2 Å². The maximum absolute atomic E-state index is 4.45. The van der Waals surface area contributed by atoms with E-state index in [1.165, 1.54) is 5.69 Å². The summed E-state index contributed by atoms with van der Waals surface area (Å²) in [4.78, 5) is 6.81. The molecule has 0 aliphatic rings. The van der Waals surface area contributed by atoms with Crippen molar-refractivity contribution in [2.24, 2.45) is 5.92 Å². The Bertz CT molecular complexity index is 349. The van der Waals surface area contributed by atoms with Gasteiger partial charge in [0.25, 0.3) is 0 Å². The van der Waals surface area contributed by atoms with Crippen molar-refractivity contribution in [2.45, 2.75) is 46.7 Å². The summed E-state index contributed by atoms with van der Waals surface area (Å²) in [7, 11) is 2.17. The van der Waals surface area contributed by atoms with Crippen LogP contribution in [0.4, 0.5) is 5.69 Å². The molecular formula is C15H27N3. The van der Waals surface area contributed by atoms with E-state index in [9.17, 15) is 0 Å². The van der Waals surface area contributed by atoms with Gasteiger partial charge in [0, 0.05) is 31.0 Å². The normalized spacial score (nSPS) is 13.1. The molecule has 0 amide bonds. The summed E-state index contributed by atoms with van der Waals surface area (Å²) in [6.45, 7) is 10.9. The van der Waals surface area contributed by atoms with E-state index in [4.69, 9.17) is 0 Å². The van der Waals surface area contributed by atoms with E-state index in [0.717, 1.165) is 25.2 Å². The lowest BCUT2D eigenvalue weighted by molar-refractivity contribution is 0.198. The Morgan fingerprint density at radius 1 is 1.33 bits per heavy atom. The zero-order chi connectivity index (χ0) is 13.5.